The van der Waals surface area contributed by atoms with E-state index in [1.807, 2.05) is 49.6 Å². The Bertz CT molecular complexity index is 1290. The SMILES string of the molecule is CCCOc1c[nH]c(Cn2c(CC)nc3scc(-c4ccccc4)c3c2=O)cc1=O. The minimum absolute atomic E-state index is 0.0934. The summed E-state index contributed by atoms with van der Waals surface area (Å²) in [5.74, 6) is 0.988. The number of H-pyrrole nitrogens is 1. The second kappa shape index (κ2) is 8.67. The lowest BCUT2D eigenvalue weighted by atomic mass is 10.1. The van der Waals surface area contributed by atoms with Gasteiger partial charge in [0.2, 0.25) is 5.43 Å². The highest BCUT2D eigenvalue weighted by Gasteiger charge is 2.17. The summed E-state index contributed by atoms with van der Waals surface area (Å²) in [7, 11) is 0. The molecule has 0 aliphatic rings. The Hall–Kier alpha value is -3.19. The van der Waals surface area contributed by atoms with Crippen LogP contribution in [0.15, 0.2) is 57.6 Å². The number of hydrogen-bond donors (Lipinski definition) is 1. The summed E-state index contributed by atoms with van der Waals surface area (Å²) in [6, 6.07) is 11.3. The molecule has 4 aromatic rings. The highest BCUT2D eigenvalue weighted by atomic mass is 32.1. The molecule has 0 radical (unpaired) electrons. The van der Waals surface area contributed by atoms with Gasteiger partial charge in [-0.1, -0.05) is 44.2 Å². The van der Waals surface area contributed by atoms with Gasteiger partial charge in [0.15, 0.2) is 5.75 Å². The molecule has 0 amide bonds. The lowest BCUT2D eigenvalue weighted by Gasteiger charge is -2.12. The van der Waals surface area contributed by atoms with Crippen molar-refractivity contribution in [2.24, 2.45) is 0 Å². The predicted molar refractivity (Wildman–Crippen MR) is 121 cm³/mol. The summed E-state index contributed by atoms with van der Waals surface area (Å²) >= 11 is 1.48. The van der Waals surface area contributed by atoms with Gasteiger partial charge < -0.3 is 9.72 Å². The van der Waals surface area contributed by atoms with E-state index in [1.54, 1.807) is 10.8 Å². The first kappa shape index (κ1) is 20.1. The van der Waals surface area contributed by atoms with Gasteiger partial charge in [-0.3, -0.25) is 14.2 Å². The monoisotopic (exact) mass is 421 g/mol. The zero-order chi connectivity index (χ0) is 21.1. The summed E-state index contributed by atoms with van der Waals surface area (Å²) in [5, 5.41) is 2.61. The summed E-state index contributed by atoms with van der Waals surface area (Å²) in [6.45, 7) is 4.69. The van der Waals surface area contributed by atoms with Gasteiger partial charge in [-0.15, -0.1) is 11.3 Å². The minimum Gasteiger partial charge on any atom is -0.488 e. The predicted octanol–water partition coefficient (Wildman–Crippen LogP) is 4.21. The smallest absolute Gasteiger partial charge is 0.263 e. The Morgan fingerprint density at radius 3 is 2.67 bits per heavy atom. The fraction of sp³-hybridized carbons (Fsp3) is 0.261. The molecule has 3 heterocycles. The van der Waals surface area contributed by atoms with Crippen LogP contribution >= 0.6 is 11.3 Å². The van der Waals surface area contributed by atoms with Crippen molar-refractivity contribution in [1.29, 1.82) is 0 Å². The molecule has 0 aliphatic heterocycles. The maximum absolute atomic E-state index is 13.5. The summed E-state index contributed by atoms with van der Waals surface area (Å²) in [6.07, 6.45) is 3.01. The second-order valence-corrected chi connectivity index (χ2v) is 7.86. The quantitative estimate of drug-likeness (QED) is 0.485. The molecule has 7 heteroatoms. The first-order chi connectivity index (χ1) is 14.6. The average Bonchev–Trinajstić information content (AvgIpc) is 3.20. The highest BCUT2D eigenvalue weighted by Crippen LogP contribution is 2.31. The van der Waals surface area contributed by atoms with E-state index >= 15 is 0 Å². The lowest BCUT2D eigenvalue weighted by Crippen LogP contribution is -2.26. The van der Waals surface area contributed by atoms with Crippen LogP contribution < -0.4 is 15.7 Å². The van der Waals surface area contributed by atoms with E-state index in [0.29, 0.717) is 35.7 Å². The molecule has 0 fully saturated rings. The topological polar surface area (TPSA) is 77.0 Å². The van der Waals surface area contributed by atoms with Crippen LogP contribution in [0.2, 0.25) is 0 Å². The fourth-order valence-electron chi connectivity index (χ4n) is 3.42. The van der Waals surface area contributed by atoms with Crippen LogP contribution in [0.25, 0.3) is 21.3 Å². The first-order valence-corrected chi connectivity index (χ1v) is 10.9. The third kappa shape index (κ3) is 3.80. The molecule has 0 unspecified atom stereocenters. The number of fused-ring (bicyclic) bond motifs is 1. The summed E-state index contributed by atoms with van der Waals surface area (Å²) in [4.78, 5) is 34.4. The molecule has 0 aliphatic carbocycles. The van der Waals surface area contributed by atoms with E-state index in [4.69, 9.17) is 9.72 Å². The van der Waals surface area contributed by atoms with Crippen LogP contribution in [0.4, 0.5) is 0 Å². The van der Waals surface area contributed by atoms with Crippen LogP contribution in [-0.2, 0) is 13.0 Å². The third-order valence-electron chi connectivity index (χ3n) is 4.90. The van der Waals surface area contributed by atoms with Crippen molar-refractivity contribution in [3.8, 4) is 16.9 Å². The number of aryl methyl sites for hydroxylation is 1. The fourth-order valence-corrected chi connectivity index (χ4v) is 4.37. The number of nitrogens with zero attached hydrogens (tertiary/aromatic N) is 2. The van der Waals surface area contributed by atoms with Gasteiger partial charge in [0.1, 0.15) is 10.7 Å². The number of ether oxygens (including phenoxy) is 1. The number of benzene rings is 1. The Morgan fingerprint density at radius 1 is 1.17 bits per heavy atom. The molecule has 0 bridgehead atoms. The van der Waals surface area contributed by atoms with Crippen molar-refractivity contribution >= 4 is 21.6 Å². The van der Waals surface area contributed by atoms with Crippen LogP contribution in [0.5, 0.6) is 5.75 Å². The summed E-state index contributed by atoms with van der Waals surface area (Å²) < 4.78 is 7.10. The molecule has 1 N–H and O–H groups in total. The highest BCUT2D eigenvalue weighted by molar-refractivity contribution is 7.17. The number of pyridine rings is 1. The zero-order valence-electron chi connectivity index (χ0n) is 17.0. The largest absolute Gasteiger partial charge is 0.488 e. The van der Waals surface area contributed by atoms with Gasteiger partial charge in [0, 0.05) is 35.3 Å². The van der Waals surface area contributed by atoms with Crippen LogP contribution in [0.3, 0.4) is 0 Å². The van der Waals surface area contributed by atoms with Crippen LogP contribution in [0.1, 0.15) is 31.8 Å². The van der Waals surface area contributed by atoms with Crippen LogP contribution in [0, 0.1) is 0 Å². The Balaban J connectivity index is 1.79. The van der Waals surface area contributed by atoms with E-state index < -0.39 is 0 Å². The zero-order valence-corrected chi connectivity index (χ0v) is 17.8. The number of nitrogens with one attached hydrogen (secondary N) is 1. The molecule has 30 heavy (non-hydrogen) atoms. The van der Waals surface area contributed by atoms with Crippen LogP contribution in [-0.4, -0.2) is 21.1 Å². The van der Waals surface area contributed by atoms with E-state index in [-0.39, 0.29) is 17.5 Å². The van der Waals surface area contributed by atoms with Gasteiger partial charge in [0.25, 0.3) is 5.56 Å². The Kier molecular flexibility index (Phi) is 5.81. The van der Waals surface area contributed by atoms with Gasteiger partial charge in [0.05, 0.1) is 18.5 Å². The van der Waals surface area contributed by atoms with Gasteiger partial charge in [-0.05, 0) is 12.0 Å². The molecule has 0 atom stereocenters. The molecule has 6 nitrogen and oxygen atoms in total. The summed E-state index contributed by atoms with van der Waals surface area (Å²) in [5.41, 5.74) is 2.23. The molecule has 0 saturated heterocycles. The number of hydrogen-bond acceptors (Lipinski definition) is 5. The molecule has 0 saturated carbocycles. The second-order valence-electron chi connectivity index (χ2n) is 7.00. The van der Waals surface area contributed by atoms with E-state index in [0.717, 1.165) is 22.4 Å². The van der Waals surface area contributed by atoms with Crippen molar-refractivity contribution in [2.45, 2.75) is 33.2 Å². The number of aromatic amines is 1. The maximum atomic E-state index is 13.5. The molecule has 3 aromatic heterocycles. The first-order valence-electron chi connectivity index (χ1n) is 10.0. The Labute approximate surface area is 177 Å². The number of rotatable bonds is 7. The normalized spacial score (nSPS) is 11.1. The molecule has 1 aromatic carbocycles. The van der Waals surface area contributed by atoms with E-state index in [2.05, 4.69) is 4.98 Å². The Morgan fingerprint density at radius 2 is 1.97 bits per heavy atom. The number of thiophene rings is 1. The number of aromatic nitrogens is 3. The van der Waals surface area contributed by atoms with Crippen molar-refractivity contribution in [3.05, 3.63) is 80.1 Å². The van der Waals surface area contributed by atoms with Gasteiger partial charge in [-0.25, -0.2) is 4.98 Å². The van der Waals surface area contributed by atoms with Crippen molar-refractivity contribution < 1.29 is 4.74 Å². The average molecular weight is 422 g/mol. The van der Waals surface area contributed by atoms with E-state index in [1.165, 1.54) is 17.4 Å². The maximum Gasteiger partial charge on any atom is 0.263 e. The third-order valence-corrected chi connectivity index (χ3v) is 5.77. The van der Waals surface area contributed by atoms with E-state index in [9.17, 15) is 9.59 Å². The molecule has 0 spiro atoms. The van der Waals surface area contributed by atoms with Gasteiger partial charge >= 0.3 is 0 Å². The minimum atomic E-state index is -0.196. The van der Waals surface area contributed by atoms with Crippen molar-refractivity contribution in [3.63, 3.8) is 0 Å². The molecule has 4 rings (SSSR count). The van der Waals surface area contributed by atoms with Crippen molar-refractivity contribution in [2.75, 3.05) is 6.61 Å². The molecular formula is C23H23N3O3S. The van der Waals surface area contributed by atoms with Crippen molar-refractivity contribution in [1.82, 2.24) is 14.5 Å². The molecule has 154 valence electrons. The lowest BCUT2D eigenvalue weighted by molar-refractivity contribution is 0.313. The standard InChI is InChI=1S/C23H23N3O3S/c1-3-10-29-19-12-24-16(11-18(19)27)13-26-20(4-2)25-22-21(23(26)28)17(14-30-22)15-8-6-5-7-9-15/h5-9,11-12,14H,3-4,10,13H2,1-2H3,(H,24,27). The molecular weight excluding hydrogens is 398 g/mol. The van der Waals surface area contributed by atoms with Gasteiger partial charge in [-0.2, -0.15) is 0 Å².